The van der Waals surface area contributed by atoms with Gasteiger partial charge in [-0.05, 0) is 37.5 Å². The van der Waals surface area contributed by atoms with E-state index in [4.69, 9.17) is 0 Å². The standard InChI is InChI=1S/C24H29N3O4S/c1-24(23(29)25-16-19-10-4-2-5-11-19)18-26(32(30,31)21-14-6-3-7-15-21)17-22(28)27(24)20-12-8-9-13-20/h2-7,10-11,14-15,20H,8-9,12-13,16-18H2,1H3,(H,25,29)/t24-/m0/s1. The number of nitrogens with one attached hydrogen (secondary N) is 1. The van der Waals surface area contributed by atoms with Crippen molar-refractivity contribution in [2.75, 3.05) is 13.1 Å². The lowest BCUT2D eigenvalue weighted by Crippen LogP contribution is -2.71. The number of sulfonamides is 1. The summed E-state index contributed by atoms with van der Waals surface area (Å²) >= 11 is 0. The molecule has 0 aromatic heterocycles. The first-order valence-electron chi connectivity index (χ1n) is 11.0. The van der Waals surface area contributed by atoms with E-state index in [-0.39, 0.29) is 35.8 Å². The Labute approximate surface area is 189 Å². The normalized spacial score (nSPS) is 22.8. The van der Waals surface area contributed by atoms with Gasteiger partial charge in [0.15, 0.2) is 0 Å². The Hall–Kier alpha value is -2.71. The van der Waals surface area contributed by atoms with Gasteiger partial charge in [0.25, 0.3) is 0 Å². The molecule has 0 bridgehead atoms. The lowest BCUT2D eigenvalue weighted by atomic mass is 9.92. The summed E-state index contributed by atoms with van der Waals surface area (Å²) in [7, 11) is -3.91. The van der Waals surface area contributed by atoms with E-state index < -0.39 is 15.6 Å². The summed E-state index contributed by atoms with van der Waals surface area (Å²) in [6, 6.07) is 17.5. The molecule has 4 rings (SSSR count). The van der Waals surface area contributed by atoms with Crippen molar-refractivity contribution in [3.63, 3.8) is 0 Å². The van der Waals surface area contributed by atoms with Gasteiger partial charge in [-0.2, -0.15) is 4.31 Å². The van der Waals surface area contributed by atoms with E-state index in [1.807, 2.05) is 30.3 Å². The third-order valence-corrected chi connectivity index (χ3v) is 8.26. The van der Waals surface area contributed by atoms with Crippen LogP contribution in [-0.4, -0.2) is 54.1 Å². The molecule has 2 fully saturated rings. The van der Waals surface area contributed by atoms with Gasteiger partial charge in [0.2, 0.25) is 21.8 Å². The summed E-state index contributed by atoms with van der Waals surface area (Å²) in [4.78, 5) is 28.6. The summed E-state index contributed by atoms with van der Waals surface area (Å²) in [6.07, 6.45) is 3.67. The lowest BCUT2D eigenvalue weighted by molar-refractivity contribution is -0.156. The number of piperazine rings is 1. The second kappa shape index (κ2) is 9.03. The van der Waals surface area contributed by atoms with Crippen molar-refractivity contribution in [3.8, 4) is 0 Å². The number of hydrogen-bond donors (Lipinski definition) is 1. The smallest absolute Gasteiger partial charge is 0.247 e. The van der Waals surface area contributed by atoms with Crippen molar-refractivity contribution in [1.82, 2.24) is 14.5 Å². The largest absolute Gasteiger partial charge is 0.350 e. The molecule has 0 spiro atoms. The van der Waals surface area contributed by atoms with Crippen LogP contribution in [0.25, 0.3) is 0 Å². The number of nitrogens with zero attached hydrogens (tertiary/aromatic N) is 2. The fraction of sp³-hybridized carbons (Fsp3) is 0.417. The Kier molecular flexibility index (Phi) is 6.35. The number of carbonyl (C=O) groups excluding carboxylic acids is 2. The van der Waals surface area contributed by atoms with Crippen LogP contribution in [-0.2, 0) is 26.2 Å². The maximum absolute atomic E-state index is 13.5. The maximum atomic E-state index is 13.5. The fourth-order valence-corrected chi connectivity index (χ4v) is 6.31. The topological polar surface area (TPSA) is 86.8 Å². The van der Waals surface area contributed by atoms with E-state index in [0.29, 0.717) is 6.54 Å². The SMILES string of the molecule is C[C@@]1(C(=O)NCc2ccccc2)CN(S(=O)(=O)c2ccccc2)CC(=O)N1C1CCCC1. The minimum Gasteiger partial charge on any atom is -0.350 e. The van der Waals surface area contributed by atoms with Crippen molar-refractivity contribution in [2.24, 2.45) is 0 Å². The van der Waals surface area contributed by atoms with E-state index in [1.165, 1.54) is 12.1 Å². The van der Waals surface area contributed by atoms with Crippen LogP contribution < -0.4 is 5.32 Å². The van der Waals surface area contributed by atoms with E-state index in [2.05, 4.69) is 5.32 Å². The van der Waals surface area contributed by atoms with Crippen LogP contribution >= 0.6 is 0 Å². The number of hydrogen-bond acceptors (Lipinski definition) is 4. The van der Waals surface area contributed by atoms with Crippen molar-refractivity contribution < 1.29 is 18.0 Å². The van der Waals surface area contributed by atoms with Crippen molar-refractivity contribution in [3.05, 3.63) is 66.2 Å². The monoisotopic (exact) mass is 455 g/mol. The number of amides is 2. The molecule has 1 saturated carbocycles. The minimum absolute atomic E-state index is 0.0449. The van der Waals surface area contributed by atoms with Crippen LogP contribution in [0.3, 0.4) is 0 Å². The number of rotatable bonds is 6. The Morgan fingerprint density at radius 1 is 1.03 bits per heavy atom. The van der Waals surface area contributed by atoms with Gasteiger partial charge in [-0.15, -0.1) is 0 Å². The molecule has 7 nitrogen and oxygen atoms in total. The Bertz CT molecular complexity index is 1070. The number of benzene rings is 2. The predicted molar refractivity (Wildman–Crippen MR) is 121 cm³/mol. The zero-order chi connectivity index (χ0) is 22.8. The summed E-state index contributed by atoms with van der Waals surface area (Å²) in [5, 5.41) is 2.94. The second-order valence-electron chi connectivity index (χ2n) is 8.73. The van der Waals surface area contributed by atoms with Gasteiger partial charge in [0, 0.05) is 19.1 Å². The molecule has 1 N–H and O–H groups in total. The molecular formula is C24H29N3O4S. The van der Waals surface area contributed by atoms with E-state index in [1.54, 1.807) is 30.0 Å². The van der Waals surface area contributed by atoms with Gasteiger partial charge in [-0.1, -0.05) is 61.4 Å². The van der Waals surface area contributed by atoms with Crippen LogP contribution in [0.2, 0.25) is 0 Å². The van der Waals surface area contributed by atoms with E-state index in [0.717, 1.165) is 35.6 Å². The van der Waals surface area contributed by atoms with Gasteiger partial charge in [-0.25, -0.2) is 8.42 Å². The molecule has 1 aliphatic carbocycles. The Morgan fingerprint density at radius 2 is 1.62 bits per heavy atom. The summed E-state index contributed by atoms with van der Waals surface area (Å²) in [5.74, 6) is -0.658. The lowest BCUT2D eigenvalue weighted by Gasteiger charge is -2.49. The summed E-state index contributed by atoms with van der Waals surface area (Å²) in [5.41, 5.74) is -0.353. The molecule has 2 aliphatic rings. The number of carbonyl (C=O) groups is 2. The van der Waals surface area contributed by atoms with Crippen LogP contribution in [0, 0.1) is 0 Å². The molecule has 0 unspecified atom stereocenters. The van der Waals surface area contributed by atoms with Crippen molar-refractivity contribution in [1.29, 1.82) is 0 Å². The quantitative estimate of drug-likeness (QED) is 0.725. The molecule has 2 aromatic rings. The fourth-order valence-electron chi connectivity index (χ4n) is 4.81. The van der Waals surface area contributed by atoms with Crippen LogP contribution in [0.1, 0.15) is 38.2 Å². The molecule has 32 heavy (non-hydrogen) atoms. The predicted octanol–water partition coefficient (Wildman–Crippen LogP) is 2.54. The molecule has 1 saturated heterocycles. The zero-order valence-electron chi connectivity index (χ0n) is 18.2. The minimum atomic E-state index is -3.91. The molecule has 1 atom stereocenters. The molecular weight excluding hydrogens is 426 g/mol. The van der Waals surface area contributed by atoms with Crippen molar-refractivity contribution in [2.45, 2.75) is 55.6 Å². The molecule has 2 amide bonds. The third kappa shape index (κ3) is 4.29. The molecule has 0 radical (unpaired) electrons. The molecule has 1 aliphatic heterocycles. The molecule has 1 heterocycles. The summed E-state index contributed by atoms with van der Waals surface area (Å²) < 4.78 is 27.7. The molecule has 170 valence electrons. The Morgan fingerprint density at radius 3 is 2.25 bits per heavy atom. The zero-order valence-corrected chi connectivity index (χ0v) is 19.1. The third-order valence-electron chi connectivity index (χ3n) is 6.45. The first-order valence-corrected chi connectivity index (χ1v) is 12.5. The van der Waals surface area contributed by atoms with Crippen LogP contribution in [0.4, 0.5) is 0 Å². The highest BCUT2D eigenvalue weighted by atomic mass is 32.2. The average molecular weight is 456 g/mol. The van der Waals surface area contributed by atoms with Crippen LogP contribution in [0.15, 0.2) is 65.6 Å². The van der Waals surface area contributed by atoms with Crippen molar-refractivity contribution >= 4 is 21.8 Å². The first kappa shape index (κ1) is 22.5. The average Bonchev–Trinajstić information content (AvgIpc) is 3.32. The van der Waals surface area contributed by atoms with Gasteiger partial charge in [-0.3, -0.25) is 9.59 Å². The van der Waals surface area contributed by atoms with Gasteiger partial charge < -0.3 is 10.2 Å². The maximum Gasteiger partial charge on any atom is 0.247 e. The second-order valence-corrected chi connectivity index (χ2v) is 10.7. The van der Waals surface area contributed by atoms with Gasteiger partial charge in [0.05, 0.1) is 11.4 Å². The summed E-state index contributed by atoms with van der Waals surface area (Å²) in [6.45, 7) is 1.67. The first-order chi connectivity index (χ1) is 15.3. The highest BCUT2D eigenvalue weighted by Gasteiger charge is 2.52. The highest BCUT2D eigenvalue weighted by molar-refractivity contribution is 7.89. The van der Waals surface area contributed by atoms with E-state index >= 15 is 0 Å². The van der Waals surface area contributed by atoms with Crippen LogP contribution in [0.5, 0.6) is 0 Å². The van der Waals surface area contributed by atoms with Gasteiger partial charge in [0.1, 0.15) is 5.54 Å². The van der Waals surface area contributed by atoms with Gasteiger partial charge >= 0.3 is 0 Å². The molecule has 2 aromatic carbocycles. The van der Waals surface area contributed by atoms with E-state index in [9.17, 15) is 18.0 Å². The Balaban J connectivity index is 1.64. The highest BCUT2D eigenvalue weighted by Crippen LogP contribution is 2.34. The molecule has 8 heteroatoms.